The summed E-state index contributed by atoms with van der Waals surface area (Å²) in [6, 6.07) is 1.06. The third-order valence-corrected chi connectivity index (χ3v) is 2.31. The van der Waals surface area contributed by atoms with Crippen molar-refractivity contribution in [2.24, 2.45) is 5.73 Å². The first kappa shape index (κ1) is 10.9. The molecule has 2 nitrogen and oxygen atoms in total. The molecule has 2 heteroatoms. The maximum Gasteiger partial charge on any atom is 0.00620 e. The Morgan fingerprint density at radius 3 is 2.18 bits per heavy atom. The predicted octanol–water partition coefficient (Wildman–Crippen LogP) is 1.50. The van der Waals surface area contributed by atoms with Crippen molar-refractivity contribution in [3.63, 3.8) is 0 Å². The summed E-state index contributed by atoms with van der Waals surface area (Å²) in [5.41, 5.74) is 5.80. The van der Waals surface area contributed by atoms with E-state index in [-0.39, 0.29) is 0 Å². The van der Waals surface area contributed by atoms with Gasteiger partial charge < -0.3 is 11.1 Å². The van der Waals surface area contributed by atoms with Crippen molar-refractivity contribution < 1.29 is 0 Å². The Balaban J connectivity index is 3.34. The van der Waals surface area contributed by atoms with E-state index >= 15 is 0 Å². The lowest BCUT2D eigenvalue weighted by Gasteiger charge is -2.15. The summed E-state index contributed by atoms with van der Waals surface area (Å²) in [6.45, 7) is 4.35. The predicted molar refractivity (Wildman–Crippen MR) is 50.6 cm³/mol. The van der Waals surface area contributed by atoms with E-state index in [0.717, 1.165) is 12.8 Å². The Morgan fingerprint density at radius 1 is 1.18 bits per heavy atom. The number of hydrogen-bond donors (Lipinski definition) is 2. The van der Waals surface area contributed by atoms with Crippen LogP contribution in [0.3, 0.4) is 0 Å². The van der Waals surface area contributed by atoms with Gasteiger partial charge in [0.05, 0.1) is 0 Å². The fourth-order valence-electron chi connectivity index (χ4n) is 1.17. The third-order valence-electron chi connectivity index (χ3n) is 2.31. The van der Waals surface area contributed by atoms with Crippen molar-refractivity contribution in [1.29, 1.82) is 0 Å². The third kappa shape index (κ3) is 5.22. The molecule has 0 radical (unpaired) electrons. The fourth-order valence-corrected chi connectivity index (χ4v) is 1.17. The van der Waals surface area contributed by atoms with Crippen LogP contribution in [0.25, 0.3) is 0 Å². The van der Waals surface area contributed by atoms with E-state index in [0.29, 0.717) is 12.1 Å². The van der Waals surface area contributed by atoms with E-state index in [2.05, 4.69) is 19.2 Å². The molecule has 0 bridgehead atoms. The Bertz CT molecular complexity index is 79.6. The second-order valence-electron chi connectivity index (χ2n) is 3.14. The van der Waals surface area contributed by atoms with Crippen molar-refractivity contribution in [2.75, 3.05) is 7.05 Å². The van der Waals surface area contributed by atoms with Crippen LogP contribution in [-0.2, 0) is 0 Å². The smallest absolute Gasteiger partial charge is 0.00620 e. The van der Waals surface area contributed by atoms with Gasteiger partial charge in [-0.2, -0.15) is 0 Å². The van der Waals surface area contributed by atoms with Crippen molar-refractivity contribution in [3.05, 3.63) is 0 Å². The lowest BCUT2D eigenvalue weighted by atomic mass is 10.0. The molecule has 0 aliphatic rings. The average Bonchev–Trinajstić information content (AvgIpc) is 2.06. The molecule has 0 amide bonds. The van der Waals surface area contributed by atoms with Gasteiger partial charge in [-0.1, -0.05) is 13.8 Å². The van der Waals surface area contributed by atoms with Crippen LogP contribution in [0.15, 0.2) is 0 Å². The molecule has 0 aromatic rings. The molecule has 0 heterocycles. The first-order chi connectivity index (χ1) is 5.24. The molecule has 0 aromatic carbocycles. The van der Waals surface area contributed by atoms with E-state index in [1.165, 1.54) is 12.8 Å². The van der Waals surface area contributed by atoms with E-state index in [4.69, 9.17) is 5.73 Å². The Hall–Kier alpha value is -0.0800. The fraction of sp³-hybridized carbons (Fsp3) is 1.00. The molecule has 0 saturated heterocycles. The summed E-state index contributed by atoms with van der Waals surface area (Å²) in [6.07, 6.45) is 4.66. The van der Waals surface area contributed by atoms with Gasteiger partial charge in [-0.15, -0.1) is 0 Å². The molecule has 2 atom stereocenters. The van der Waals surface area contributed by atoms with Crippen LogP contribution in [0.1, 0.15) is 39.5 Å². The van der Waals surface area contributed by atoms with E-state index in [1.54, 1.807) is 0 Å². The highest BCUT2D eigenvalue weighted by Crippen LogP contribution is 2.04. The van der Waals surface area contributed by atoms with Crippen LogP contribution in [0.5, 0.6) is 0 Å². The van der Waals surface area contributed by atoms with Crippen LogP contribution < -0.4 is 11.1 Å². The molecule has 0 aromatic heterocycles. The second kappa shape index (κ2) is 6.62. The van der Waals surface area contributed by atoms with Gasteiger partial charge >= 0.3 is 0 Å². The van der Waals surface area contributed by atoms with Crippen LogP contribution in [-0.4, -0.2) is 19.1 Å². The molecule has 0 rings (SSSR count). The topological polar surface area (TPSA) is 38.0 Å². The minimum Gasteiger partial charge on any atom is -0.328 e. The van der Waals surface area contributed by atoms with Crippen LogP contribution in [0.4, 0.5) is 0 Å². The standard InChI is InChI=1S/C9H22N2/c1-4-8(10)6-7-9(5-2)11-3/h8-9,11H,4-7,10H2,1-3H3. The summed E-state index contributed by atoms with van der Waals surface area (Å²) in [5, 5.41) is 3.28. The summed E-state index contributed by atoms with van der Waals surface area (Å²) < 4.78 is 0. The van der Waals surface area contributed by atoms with Crippen molar-refractivity contribution in [3.8, 4) is 0 Å². The Labute approximate surface area is 70.5 Å². The quantitative estimate of drug-likeness (QED) is 0.615. The van der Waals surface area contributed by atoms with Gasteiger partial charge in [0.1, 0.15) is 0 Å². The van der Waals surface area contributed by atoms with Crippen LogP contribution in [0, 0.1) is 0 Å². The molecule has 2 unspecified atom stereocenters. The van der Waals surface area contributed by atoms with Gasteiger partial charge in [-0.3, -0.25) is 0 Å². The second-order valence-corrected chi connectivity index (χ2v) is 3.14. The largest absolute Gasteiger partial charge is 0.328 e. The van der Waals surface area contributed by atoms with Gasteiger partial charge in [0.15, 0.2) is 0 Å². The van der Waals surface area contributed by atoms with Gasteiger partial charge in [-0.25, -0.2) is 0 Å². The van der Waals surface area contributed by atoms with Gasteiger partial charge in [0, 0.05) is 12.1 Å². The van der Waals surface area contributed by atoms with Gasteiger partial charge in [-0.05, 0) is 32.7 Å². The highest BCUT2D eigenvalue weighted by molar-refractivity contribution is 4.66. The summed E-state index contributed by atoms with van der Waals surface area (Å²) >= 11 is 0. The zero-order chi connectivity index (χ0) is 8.69. The zero-order valence-corrected chi connectivity index (χ0v) is 8.06. The zero-order valence-electron chi connectivity index (χ0n) is 8.06. The van der Waals surface area contributed by atoms with Crippen molar-refractivity contribution in [2.45, 2.75) is 51.6 Å². The number of rotatable bonds is 6. The molecule has 0 fully saturated rings. The maximum atomic E-state index is 5.80. The average molecular weight is 158 g/mol. The minimum absolute atomic E-state index is 0.400. The van der Waals surface area contributed by atoms with Crippen LogP contribution >= 0.6 is 0 Å². The molecule has 0 aliphatic carbocycles. The van der Waals surface area contributed by atoms with E-state index < -0.39 is 0 Å². The van der Waals surface area contributed by atoms with Gasteiger partial charge in [0.25, 0.3) is 0 Å². The molecule has 68 valence electrons. The van der Waals surface area contributed by atoms with Gasteiger partial charge in [0.2, 0.25) is 0 Å². The lowest BCUT2D eigenvalue weighted by Crippen LogP contribution is -2.28. The molecule has 0 spiro atoms. The van der Waals surface area contributed by atoms with E-state index in [9.17, 15) is 0 Å². The van der Waals surface area contributed by atoms with Crippen LogP contribution in [0.2, 0.25) is 0 Å². The highest BCUT2D eigenvalue weighted by atomic mass is 14.9. The first-order valence-electron chi connectivity index (χ1n) is 4.67. The molecule has 3 N–H and O–H groups in total. The Morgan fingerprint density at radius 2 is 1.82 bits per heavy atom. The summed E-state index contributed by atoms with van der Waals surface area (Å²) in [7, 11) is 2.02. The molecule has 0 saturated carbocycles. The molecular weight excluding hydrogens is 136 g/mol. The maximum absolute atomic E-state index is 5.80. The molecular formula is C9H22N2. The molecule has 0 aliphatic heterocycles. The lowest BCUT2D eigenvalue weighted by molar-refractivity contribution is 0.454. The SMILES string of the molecule is CCC(N)CCC(CC)NC. The summed E-state index contributed by atoms with van der Waals surface area (Å²) in [5.74, 6) is 0. The molecule has 11 heavy (non-hydrogen) atoms. The first-order valence-corrected chi connectivity index (χ1v) is 4.67. The minimum atomic E-state index is 0.400. The van der Waals surface area contributed by atoms with Crippen molar-refractivity contribution in [1.82, 2.24) is 5.32 Å². The van der Waals surface area contributed by atoms with Crippen molar-refractivity contribution >= 4 is 0 Å². The Kier molecular flexibility index (Phi) is 6.57. The normalized spacial score (nSPS) is 16.4. The number of hydrogen-bond acceptors (Lipinski definition) is 2. The number of nitrogens with two attached hydrogens (primary N) is 1. The number of nitrogens with one attached hydrogen (secondary N) is 1. The highest BCUT2D eigenvalue weighted by Gasteiger charge is 2.05. The monoisotopic (exact) mass is 158 g/mol. The summed E-state index contributed by atoms with van der Waals surface area (Å²) in [4.78, 5) is 0. The van der Waals surface area contributed by atoms with E-state index in [1.807, 2.05) is 7.05 Å².